The molecule has 21 heterocycles. The van der Waals surface area contributed by atoms with Crippen LogP contribution in [0, 0.1) is 0 Å². The molecule has 1 unspecified atom stereocenters. The molecule has 0 aromatic rings. The maximum Gasteiger partial charge on any atom is 0.265 e. The quantitative estimate of drug-likeness (QED) is 0.0953. The first kappa shape index (κ1) is 68.2. The number of phosphoric ester groups is 1. The molecule has 0 aromatic carbocycles. The molecule has 39 nitrogen and oxygen atoms in total. The first-order valence-corrected chi connectivity index (χ1v) is 26.8. The van der Waals surface area contributed by atoms with E-state index in [0.717, 1.165) is 0 Å². The van der Waals surface area contributed by atoms with Gasteiger partial charge in [0.1, 0.15) is 171 Å². The number of quaternary nitrogens is 1. The summed E-state index contributed by atoms with van der Waals surface area (Å²) in [5.74, 6) is 0. The minimum Gasteiger partial charge on any atom is -0.756 e. The molecule has 14 bridgehead atoms. The second kappa shape index (κ2) is 28.5. The highest BCUT2D eigenvalue weighted by Gasteiger charge is 2.59. The van der Waals surface area contributed by atoms with Crippen LogP contribution in [0.2, 0.25) is 0 Å². The van der Waals surface area contributed by atoms with Crippen LogP contribution >= 0.6 is 7.82 Å². The second-order valence-corrected chi connectivity index (χ2v) is 21.4. The van der Waals surface area contributed by atoms with E-state index in [4.69, 9.17) is 66.3 Å². The number of ether oxygens (including phenoxy) is 14. The van der Waals surface area contributed by atoms with Gasteiger partial charge in [-0.25, -0.2) is 0 Å². The standard InChI is InChI=1S/C42H71O38P.H3N/c43-1-8-29-16(50)23(57)37(68-8)76-31-10(3-45)70-39(25(59)18(31)52)78-33-12(5-47)72-41(27(61)20(33)54)80-35-14(7-66-81(63,64)65)73-42(28(62)21(35)55)79-34-13(6-48)71-40(26(60)19(34)53)77-32-11(4-46)69-38(24(58)17(32)51)75-30-9(2-44)67-36(74-29)22(56)15(30)49;/h8-62H,1-7H2,(H2,63,64,65);1H3/t8-,9-,10-,11-,12-,13-,14-,15-,16-,17-,18-,19-,20-,21-,22-,23-,24-,25-,26-,27-,28-,29-,30-,31-,32-,33-,34-,35-,36-,37-,38-,39-,40-,41-,42-;/m1./s1. The molecule has 21 fully saturated rings. The van der Waals surface area contributed by atoms with E-state index in [9.17, 15) is 116 Å². The average Bonchev–Trinajstić information content (AvgIpc) is 3.57. The zero-order valence-electron chi connectivity index (χ0n) is 42.9. The number of aliphatic hydroxyl groups is 20. The van der Waals surface area contributed by atoms with Crippen LogP contribution in [0.25, 0.3) is 0 Å². The van der Waals surface area contributed by atoms with Gasteiger partial charge in [0.15, 0.2) is 44.0 Å². The molecule has 480 valence electrons. The van der Waals surface area contributed by atoms with Crippen LogP contribution in [0.3, 0.4) is 0 Å². The fourth-order valence-corrected chi connectivity index (χ4v) is 10.9. The van der Waals surface area contributed by atoms with Crippen LogP contribution in [0.4, 0.5) is 0 Å². The number of phosphoric acid groups is 1. The maximum absolute atomic E-state index is 11.8. The van der Waals surface area contributed by atoms with Crippen molar-refractivity contribution in [3.05, 3.63) is 0 Å². The normalized spacial score (nSPS) is 53.4. The van der Waals surface area contributed by atoms with Gasteiger partial charge in [0.25, 0.3) is 7.82 Å². The van der Waals surface area contributed by atoms with Crippen molar-refractivity contribution in [3.8, 4) is 0 Å². The van der Waals surface area contributed by atoms with E-state index in [2.05, 4.69) is 4.52 Å². The van der Waals surface area contributed by atoms with Crippen LogP contribution in [-0.2, 0) is 75.4 Å². The molecule has 25 N–H and O–H groups in total. The van der Waals surface area contributed by atoms with Gasteiger partial charge >= 0.3 is 0 Å². The van der Waals surface area contributed by atoms with Gasteiger partial charge in [-0.15, -0.1) is 0 Å². The summed E-state index contributed by atoms with van der Waals surface area (Å²) in [5, 5.41) is 221. The number of hydrogen-bond acceptors (Lipinski definition) is 37. The Hall–Kier alpha value is -1.29. The second-order valence-electron chi connectivity index (χ2n) is 20.2. The van der Waals surface area contributed by atoms with Gasteiger partial charge < -0.3 is 189 Å². The van der Waals surface area contributed by atoms with E-state index in [1.165, 1.54) is 0 Å². The Labute approximate surface area is 462 Å². The molecule has 0 saturated carbocycles. The highest BCUT2D eigenvalue weighted by molar-refractivity contribution is 7.44. The Morgan fingerprint density at radius 1 is 0.280 bits per heavy atom. The Morgan fingerprint density at radius 3 is 0.573 bits per heavy atom. The van der Waals surface area contributed by atoms with Crippen molar-refractivity contribution < 1.29 is 187 Å². The molecular weight excluding hydrogens is 1160 g/mol. The fraction of sp³-hybridized carbons (Fsp3) is 1.00. The predicted octanol–water partition coefficient (Wildman–Crippen LogP) is -15.4. The molecule has 21 rings (SSSR count). The van der Waals surface area contributed by atoms with Gasteiger partial charge in [0.05, 0.1) is 46.2 Å². The lowest BCUT2D eigenvalue weighted by molar-refractivity contribution is -0.396. The summed E-state index contributed by atoms with van der Waals surface area (Å²) in [6.45, 7) is -7.92. The van der Waals surface area contributed by atoms with Gasteiger partial charge in [-0.2, -0.15) is 0 Å². The zero-order chi connectivity index (χ0) is 59.3. The molecule has 21 aliphatic rings. The molecule has 36 atom stereocenters. The van der Waals surface area contributed by atoms with E-state index in [1.807, 2.05) is 0 Å². The molecule has 0 aromatic heterocycles. The molecular formula is C42H74NO38P. The average molecular weight is 1230 g/mol. The molecule has 0 amide bonds. The number of rotatable bonds is 9. The first-order valence-electron chi connectivity index (χ1n) is 25.3. The summed E-state index contributed by atoms with van der Waals surface area (Å²) in [5.41, 5.74) is 0. The van der Waals surface area contributed by atoms with Crippen molar-refractivity contribution in [1.82, 2.24) is 6.15 Å². The minimum absolute atomic E-state index is 0. The van der Waals surface area contributed by atoms with Crippen molar-refractivity contribution in [1.29, 1.82) is 0 Å². The van der Waals surface area contributed by atoms with Crippen LogP contribution < -0.4 is 11.0 Å². The van der Waals surface area contributed by atoms with Crippen LogP contribution in [0.15, 0.2) is 0 Å². The summed E-state index contributed by atoms with van der Waals surface area (Å²) in [6.07, 6.45) is -73.5. The summed E-state index contributed by atoms with van der Waals surface area (Å²) in [7, 11) is -5.68. The fourth-order valence-electron chi connectivity index (χ4n) is 10.6. The summed E-state index contributed by atoms with van der Waals surface area (Å²) >= 11 is 0. The Bertz CT molecular complexity index is 2010. The van der Waals surface area contributed by atoms with Crippen LogP contribution in [0.1, 0.15) is 0 Å². The van der Waals surface area contributed by atoms with E-state index in [-0.39, 0.29) is 6.15 Å². The van der Waals surface area contributed by atoms with Crippen molar-refractivity contribution in [2.45, 2.75) is 215 Å². The van der Waals surface area contributed by atoms with E-state index in [0.29, 0.717) is 0 Å². The topological polar surface area (TPSA) is 640 Å². The monoisotopic (exact) mass is 1230 g/mol. The van der Waals surface area contributed by atoms with E-state index < -0.39 is 269 Å². The highest BCUT2D eigenvalue weighted by Crippen LogP contribution is 2.40. The molecule has 21 saturated heterocycles. The lowest BCUT2D eigenvalue weighted by Gasteiger charge is -2.50. The van der Waals surface area contributed by atoms with Crippen LogP contribution in [0.5, 0.6) is 0 Å². The van der Waals surface area contributed by atoms with Gasteiger partial charge in [-0.1, -0.05) is 0 Å². The minimum atomic E-state index is -5.68. The third-order valence-corrected chi connectivity index (χ3v) is 15.5. The molecule has 0 spiro atoms. The SMILES string of the molecule is O=P([O-])(O)OC[C@H]1O[C@@H]2O[C@H]3[C@H](O)[C@@H](O)[C@@H](O[C@H]4[C@H](O)[C@@H](O)[C@@H](O[C@H]5[C@H](O)[C@@H](O)[C@@H](O[C@H]6[C@H](O)[C@@H](O)[C@@H](O[C@H]7[C@H](O)[C@@H](O)[C@@H](O[C@H]8[C@H](O)[C@@H](O)[C@@H](O[C@H]1[C@H](O)[C@H]2O)O[C@@H]8CO)O[C@@H]7CO)O[C@@H]6CO)O[C@@H]5CO)O[C@@H]4CO)O[C@@H]3CO.[NH4+]. The summed E-state index contributed by atoms with van der Waals surface area (Å²) in [4.78, 5) is 21.2. The Balaban J connectivity index is 0.00000968. The first-order chi connectivity index (χ1) is 38.3. The van der Waals surface area contributed by atoms with Crippen LogP contribution in [-0.4, -0.2) is 368 Å². The smallest absolute Gasteiger partial charge is 0.265 e. The van der Waals surface area contributed by atoms with Crippen molar-refractivity contribution in [2.24, 2.45) is 0 Å². The maximum atomic E-state index is 11.8. The molecule has 0 radical (unpaired) electrons. The largest absolute Gasteiger partial charge is 0.756 e. The summed E-state index contributed by atoms with van der Waals surface area (Å²) < 4.78 is 95.5. The third kappa shape index (κ3) is 13.9. The highest BCUT2D eigenvalue weighted by atomic mass is 31.2. The predicted molar refractivity (Wildman–Crippen MR) is 243 cm³/mol. The zero-order valence-corrected chi connectivity index (χ0v) is 43.8. The van der Waals surface area contributed by atoms with E-state index in [1.54, 1.807) is 0 Å². The van der Waals surface area contributed by atoms with Gasteiger partial charge in [0, 0.05) is 0 Å². The van der Waals surface area contributed by atoms with Gasteiger partial charge in [-0.05, 0) is 0 Å². The molecule has 40 heteroatoms. The molecule has 21 aliphatic heterocycles. The van der Waals surface area contributed by atoms with Crippen molar-refractivity contribution in [2.75, 3.05) is 46.2 Å². The van der Waals surface area contributed by atoms with Crippen molar-refractivity contribution in [3.63, 3.8) is 0 Å². The Kier molecular flexibility index (Phi) is 23.7. The Morgan fingerprint density at radius 2 is 0.427 bits per heavy atom. The molecule has 0 aliphatic carbocycles. The van der Waals surface area contributed by atoms with Gasteiger partial charge in [0.2, 0.25) is 0 Å². The number of aliphatic hydroxyl groups excluding tert-OH is 20. The lowest BCUT2D eigenvalue weighted by Crippen LogP contribution is -2.68. The van der Waals surface area contributed by atoms with Gasteiger partial charge in [-0.3, -0.25) is 4.57 Å². The number of hydrogen-bond donors (Lipinski definition) is 22. The van der Waals surface area contributed by atoms with E-state index >= 15 is 0 Å². The molecule has 82 heavy (non-hydrogen) atoms. The van der Waals surface area contributed by atoms with Crippen molar-refractivity contribution >= 4 is 7.82 Å². The third-order valence-electron chi connectivity index (χ3n) is 15.0. The lowest BCUT2D eigenvalue weighted by atomic mass is 9.95. The summed E-state index contributed by atoms with van der Waals surface area (Å²) in [6, 6.07) is 0.